The van der Waals surface area contributed by atoms with Crippen LogP contribution in [0, 0.1) is 0 Å². The van der Waals surface area contributed by atoms with Crippen molar-refractivity contribution in [2.75, 3.05) is 0 Å². The van der Waals surface area contributed by atoms with Crippen molar-refractivity contribution >= 4 is 0 Å². The second-order valence-corrected chi connectivity index (χ2v) is 0. The van der Waals surface area contributed by atoms with Crippen molar-refractivity contribution < 1.29 is 82.2 Å². The van der Waals surface area contributed by atoms with E-state index in [9.17, 15) is 0 Å². The molecule has 0 aromatic heterocycles. The quantitative estimate of drug-likeness (QED) is 0.534. The van der Waals surface area contributed by atoms with E-state index in [0.29, 0.717) is 0 Å². The molecule has 0 amide bonds. The Morgan fingerprint density at radius 1 is 0.429 bits per heavy atom. The Balaban J connectivity index is 0. The summed E-state index contributed by atoms with van der Waals surface area (Å²) in [5.74, 6) is 0. The van der Waals surface area contributed by atoms with Crippen molar-refractivity contribution in [2.24, 2.45) is 0 Å². The predicted octanol–water partition coefficient (Wildman–Crippen LogP) is -0.483. The molecular weight excluding hydrogens is 282 g/mol. The maximum absolute atomic E-state index is 0. The second-order valence-electron chi connectivity index (χ2n) is 0. The van der Waals surface area contributed by atoms with E-state index in [1.165, 1.54) is 0 Å². The third-order valence-corrected chi connectivity index (χ3v) is 0. The Bertz CT molecular complexity index is 9.65. The van der Waals surface area contributed by atoms with E-state index in [2.05, 4.69) is 0 Å². The van der Waals surface area contributed by atoms with Gasteiger partial charge < -0.3 is 21.9 Å². The van der Waals surface area contributed by atoms with E-state index in [1.54, 1.807) is 0 Å². The second kappa shape index (κ2) is 114. The van der Waals surface area contributed by atoms with Crippen molar-refractivity contribution in [2.45, 2.75) is 0 Å². The normalized spacial score (nSPS) is 0. The van der Waals surface area contributed by atoms with Crippen LogP contribution in [0.25, 0.3) is 0 Å². The first-order valence-electron chi connectivity index (χ1n) is 0. The fraction of sp³-hybridized carbons (Fsp3) is 0. The Morgan fingerprint density at radius 2 is 0.429 bits per heavy atom. The van der Waals surface area contributed by atoms with Gasteiger partial charge in [0.15, 0.2) is 0 Å². The van der Waals surface area contributed by atoms with E-state index >= 15 is 0 Å². The van der Waals surface area contributed by atoms with Crippen LogP contribution in [0.15, 0.2) is 0 Å². The maximum atomic E-state index is 0. The Morgan fingerprint density at radius 3 is 0.429 bits per heavy atom. The van der Waals surface area contributed by atoms with Crippen LogP contribution in [0.2, 0.25) is 0 Å². The van der Waals surface area contributed by atoms with Gasteiger partial charge in [0.1, 0.15) is 0 Å². The minimum atomic E-state index is 0. The summed E-state index contributed by atoms with van der Waals surface area (Å²) in [4.78, 5) is 0. The molecule has 0 N–H and O–H groups in total. The Kier molecular flexibility index (Phi) is 2780. The predicted molar refractivity (Wildman–Crippen MR) is 2.75 cm³/mol. The Hall–Kier alpha value is 1.76. The zero-order chi connectivity index (χ0) is 0. The van der Waals surface area contributed by atoms with Gasteiger partial charge in [-0.05, 0) is 0 Å². The summed E-state index contributed by atoms with van der Waals surface area (Å²) in [5.41, 5.74) is 0. The van der Waals surface area contributed by atoms with Crippen molar-refractivity contribution in [3.05, 3.63) is 0 Å². The standard InChI is InChI=1S/2Cu.4O.Zr/q2*+2;4*-2;+4. The fourth-order valence-corrected chi connectivity index (χ4v) is 0. The average molecular weight is 282 g/mol. The van der Waals surface area contributed by atoms with E-state index < -0.39 is 0 Å². The largest absolute Gasteiger partial charge is 4.00 e. The molecular formula is Cu2O4Zr. The maximum Gasteiger partial charge on any atom is 4.00 e. The van der Waals surface area contributed by atoms with Gasteiger partial charge in [-0.3, -0.25) is 0 Å². The van der Waals surface area contributed by atoms with Crippen LogP contribution in [0.1, 0.15) is 0 Å². The number of hydrogen-bond donors (Lipinski definition) is 0. The molecule has 0 aliphatic carbocycles. The molecule has 0 saturated carbocycles. The van der Waals surface area contributed by atoms with Gasteiger partial charge in [0.2, 0.25) is 0 Å². The molecule has 0 saturated heterocycles. The summed E-state index contributed by atoms with van der Waals surface area (Å²) in [7, 11) is 0. The molecule has 0 rings (SSSR count). The van der Waals surface area contributed by atoms with Crippen LogP contribution < -0.4 is 0 Å². The van der Waals surface area contributed by atoms with Gasteiger partial charge in [-0.2, -0.15) is 0 Å². The number of hydrogen-bond acceptors (Lipinski definition) is 0. The Labute approximate surface area is 81.7 Å². The first-order chi connectivity index (χ1) is 0. The van der Waals surface area contributed by atoms with Crippen LogP contribution in [0.3, 0.4) is 0 Å². The molecule has 0 fully saturated rings. The zero-order valence-corrected chi connectivity index (χ0v) is 7.08. The van der Waals surface area contributed by atoms with Gasteiger partial charge in [-0.25, -0.2) is 0 Å². The summed E-state index contributed by atoms with van der Waals surface area (Å²) in [5, 5.41) is 0. The van der Waals surface area contributed by atoms with E-state index in [-0.39, 0.29) is 82.2 Å². The zero-order valence-electron chi connectivity index (χ0n) is 2.74. The van der Waals surface area contributed by atoms with Crippen LogP contribution in [-0.2, 0) is 82.2 Å². The SMILES string of the molecule is [Cu+2].[Cu+2].[O-2].[O-2].[O-2].[O-2].[Zr+4]. The topological polar surface area (TPSA) is 114 Å². The molecule has 0 bridgehead atoms. The summed E-state index contributed by atoms with van der Waals surface area (Å²) in [6.45, 7) is 0. The smallest absolute Gasteiger partial charge is 2.00 e. The molecule has 0 aliphatic rings. The van der Waals surface area contributed by atoms with Crippen molar-refractivity contribution in [1.29, 1.82) is 0 Å². The molecule has 4 nitrogen and oxygen atoms in total. The summed E-state index contributed by atoms with van der Waals surface area (Å²) >= 11 is 0. The molecule has 0 heterocycles. The molecule has 50 valence electrons. The molecule has 0 unspecified atom stereocenters. The van der Waals surface area contributed by atoms with E-state index in [0.717, 1.165) is 0 Å². The van der Waals surface area contributed by atoms with Gasteiger partial charge in [-0.15, -0.1) is 0 Å². The third kappa shape index (κ3) is 83.0. The third-order valence-electron chi connectivity index (χ3n) is 0. The molecule has 0 aromatic rings. The minimum Gasteiger partial charge on any atom is -2.00 e. The van der Waals surface area contributed by atoms with Gasteiger partial charge in [0, 0.05) is 0 Å². The molecule has 2 radical (unpaired) electrons. The minimum absolute atomic E-state index is 0. The van der Waals surface area contributed by atoms with Crippen molar-refractivity contribution in [3.63, 3.8) is 0 Å². The monoisotopic (exact) mass is 280 g/mol. The molecule has 7 heteroatoms. The van der Waals surface area contributed by atoms with Crippen LogP contribution >= 0.6 is 0 Å². The molecule has 0 spiro atoms. The van der Waals surface area contributed by atoms with Crippen LogP contribution in [-0.4, -0.2) is 0 Å². The van der Waals surface area contributed by atoms with Crippen molar-refractivity contribution in [3.8, 4) is 0 Å². The number of rotatable bonds is 0. The molecule has 0 aliphatic heterocycles. The van der Waals surface area contributed by atoms with Crippen molar-refractivity contribution in [1.82, 2.24) is 0 Å². The first-order valence-corrected chi connectivity index (χ1v) is 0. The van der Waals surface area contributed by atoms with Gasteiger partial charge in [0.25, 0.3) is 0 Å². The molecule has 7 heavy (non-hydrogen) atoms. The first kappa shape index (κ1) is 170. The van der Waals surface area contributed by atoms with Gasteiger partial charge in [0.05, 0.1) is 0 Å². The fourth-order valence-electron chi connectivity index (χ4n) is 0. The summed E-state index contributed by atoms with van der Waals surface area (Å²) in [6.07, 6.45) is 0. The van der Waals surface area contributed by atoms with Gasteiger partial charge >= 0.3 is 60.3 Å². The molecule has 0 atom stereocenters. The average Bonchev–Trinajstić information content (AvgIpc) is 0. The van der Waals surface area contributed by atoms with Crippen LogP contribution in [0.5, 0.6) is 0 Å². The summed E-state index contributed by atoms with van der Waals surface area (Å²) < 4.78 is 0. The molecule has 0 aromatic carbocycles. The van der Waals surface area contributed by atoms with E-state index in [1.807, 2.05) is 0 Å². The van der Waals surface area contributed by atoms with Crippen LogP contribution in [0.4, 0.5) is 0 Å². The van der Waals surface area contributed by atoms with E-state index in [4.69, 9.17) is 0 Å². The summed E-state index contributed by atoms with van der Waals surface area (Å²) in [6, 6.07) is 0. The van der Waals surface area contributed by atoms with Gasteiger partial charge in [-0.1, -0.05) is 0 Å².